The second-order valence-corrected chi connectivity index (χ2v) is 3.01. The largest absolute Gasteiger partial charge is 0.497 e. The minimum Gasteiger partial charge on any atom is -0.497 e. The highest BCUT2D eigenvalue weighted by Gasteiger charge is 2.11. The molecule has 0 radical (unpaired) electrons. The molecule has 1 aliphatic rings. The minimum atomic E-state index is 0.615. The lowest BCUT2D eigenvalue weighted by Crippen LogP contribution is -2.04. The molecule has 0 unspecified atom stereocenters. The lowest BCUT2D eigenvalue weighted by atomic mass is 10.1. The Kier molecular flexibility index (Phi) is 2.18. The summed E-state index contributed by atoms with van der Waals surface area (Å²) in [4.78, 5) is 0. The zero-order chi connectivity index (χ0) is 9.97. The third-order valence-electron chi connectivity index (χ3n) is 2.17. The molecule has 0 aliphatic carbocycles. The average molecular weight is 189 g/mol. The van der Waals surface area contributed by atoms with Gasteiger partial charge in [0.2, 0.25) is 0 Å². The van der Waals surface area contributed by atoms with Crippen LogP contribution in [0.2, 0.25) is 0 Å². The summed E-state index contributed by atoms with van der Waals surface area (Å²) in [6.45, 7) is 0.780. The van der Waals surface area contributed by atoms with Crippen LogP contribution in [-0.4, -0.2) is 13.7 Å². The Bertz CT molecular complexity index is 399. The van der Waals surface area contributed by atoms with Gasteiger partial charge in [0.15, 0.2) is 0 Å². The average Bonchev–Trinajstić information content (AvgIpc) is 2.27. The number of anilines is 1. The molecule has 0 amide bonds. The van der Waals surface area contributed by atoms with E-state index in [4.69, 9.17) is 10.3 Å². The van der Waals surface area contributed by atoms with Crippen molar-refractivity contribution in [3.05, 3.63) is 23.8 Å². The molecule has 2 N–H and O–H groups in total. The number of nitrogens with zero attached hydrogens (tertiary/aromatic N) is 1. The van der Waals surface area contributed by atoms with Crippen LogP contribution >= 0.6 is 0 Å². The predicted octanol–water partition coefficient (Wildman–Crippen LogP) is 2.80. The van der Waals surface area contributed by atoms with E-state index in [1.165, 1.54) is 0 Å². The van der Waals surface area contributed by atoms with Crippen LogP contribution in [0.5, 0.6) is 5.75 Å². The number of fused-ring (bicyclic) bond motifs is 1. The number of nitrogens with one attached hydrogen (secondary N) is 2. The summed E-state index contributed by atoms with van der Waals surface area (Å²) in [6, 6.07) is 3.67. The van der Waals surface area contributed by atoms with Gasteiger partial charge in [-0.3, -0.25) is 0 Å². The summed E-state index contributed by atoms with van der Waals surface area (Å²) in [5.41, 5.74) is 9.60. The van der Waals surface area contributed by atoms with Gasteiger partial charge in [0.25, 0.3) is 0 Å². The summed E-state index contributed by atoms with van der Waals surface area (Å²) in [5.74, 6) is 0.725. The van der Waals surface area contributed by atoms with E-state index in [2.05, 4.69) is 10.4 Å². The smallest absolute Gasteiger partial charge is 0.121 e. The summed E-state index contributed by atoms with van der Waals surface area (Å²) < 4.78 is 5.12. The van der Waals surface area contributed by atoms with Crippen LogP contribution < -0.4 is 10.1 Å². The molecule has 0 fully saturated rings. The molecule has 0 saturated carbocycles. The Labute approximate surface area is 82.1 Å². The van der Waals surface area contributed by atoms with Gasteiger partial charge in [-0.2, -0.15) is 5.11 Å². The van der Waals surface area contributed by atoms with Gasteiger partial charge in [0, 0.05) is 18.2 Å². The topological polar surface area (TPSA) is 57.5 Å². The summed E-state index contributed by atoms with van der Waals surface area (Å²) in [6.07, 6.45) is 4.03. The highest BCUT2D eigenvalue weighted by Crippen LogP contribution is 2.35. The quantitative estimate of drug-likeness (QED) is 0.703. The number of rotatable bonds is 2. The Balaban J connectivity index is 2.59. The van der Waals surface area contributed by atoms with E-state index in [1.807, 2.05) is 18.2 Å². The fraction of sp³-hybridized carbons (Fsp3) is 0.200. The second kappa shape index (κ2) is 3.49. The van der Waals surface area contributed by atoms with Crippen molar-refractivity contribution >= 4 is 17.5 Å². The van der Waals surface area contributed by atoms with Gasteiger partial charge in [-0.1, -0.05) is 12.2 Å². The number of ether oxygens (including phenoxy) is 1. The van der Waals surface area contributed by atoms with E-state index < -0.39 is 0 Å². The first kappa shape index (κ1) is 8.74. The zero-order valence-corrected chi connectivity index (χ0v) is 7.87. The highest BCUT2D eigenvalue weighted by molar-refractivity contribution is 5.81. The monoisotopic (exact) mass is 189 g/mol. The van der Waals surface area contributed by atoms with Gasteiger partial charge in [-0.15, -0.1) is 0 Å². The van der Waals surface area contributed by atoms with Crippen LogP contribution in [0.25, 0.3) is 6.08 Å². The Hall–Kier alpha value is -1.84. The van der Waals surface area contributed by atoms with E-state index in [0.29, 0.717) is 5.69 Å². The van der Waals surface area contributed by atoms with Crippen LogP contribution in [-0.2, 0) is 0 Å². The van der Waals surface area contributed by atoms with E-state index in [1.54, 1.807) is 13.2 Å². The molecule has 72 valence electrons. The van der Waals surface area contributed by atoms with Crippen LogP contribution in [0.1, 0.15) is 5.56 Å². The number of methoxy groups -OCH3 is 1. The van der Waals surface area contributed by atoms with Gasteiger partial charge in [-0.05, 0) is 6.07 Å². The summed E-state index contributed by atoms with van der Waals surface area (Å²) >= 11 is 0. The lowest BCUT2D eigenvalue weighted by molar-refractivity contribution is 0.415. The molecule has 1 aromatic rings. The molecular formula is C10H11N3O. The van der Waals surface area contributed by atoms with Crippen molar-refractivity contribution in [2.75, 3.05) is 19.0 Å². The van der Waals surface area contributed by atoms with Gasteiger partial charge < -0.3 is 10.1 Å². The van der Waals surface area contributed by atoms with E-state index in [9.17, 15) is 0 Å². The first-order valence-corrected chi connectivity index (χ1v) is 4.35. The standard InChI is InChI=1S/C10H11N3O/c1-14-8-5-7-3-2-4-12-10(7)9(6-8)13-11/h2-3,5-6,11-12H,4H2,1H3. The Morgan fingerprint density at radius 2 is 2.36 bits per heavy atom. The van der Waals surface area contributed by atoms with Crippen LogP contribution in [0, 0.1) is 5.53 Å². The van der Waals surface area contributed by atoms with Gasteiger partial charge in [0.05, 0.1) is 12.8 Å². The molecule has 4 heteroatoms. The fourth-order valence-electron chi connectivity index (χ4n) is 1.50. The molecule has 0 aromatic heterocycles. The van der Waals surface area contributed by atoms with Crippen molar-refractivity contribution in [3.8, 4) is 5.75 Å². The second-order valence-electron chi connectivity index (χ2n) is 3.01. The summed E-state index contributed by atoms with van der Waals surface area (Å²) in [5, 5.41) is 6.64. The summed E-state index contributed by atoms with van der Waals surface area (Å²) in [7, 11) is 1.61. The van der Waals surface area contributed by atoms with Crippen LogP contribution in [0.4, 0.5) is 11.4 Å². The maximum atomic E-state index is 7.06. The number of hydrogen-bond donors (Lipinski definition) is 2. The maximum Gasteiger partial charge on any atom is 0.121 e. The van der Waals surface area contributed by atoms with E-state index in [-0.39, 0.29) is 0 Å². The van der Waals surface area contributed by atoms with E-state index >= 15 is 0 Å². The molecule has 0 spiro atoms. The molecular weight excluding hydrogens is 178 g/mol. The van der Waals surface area contributed by atoms with Crippen molar-refractivity contribution in [3.63, 3.8) is 0 Å². The lowest BCUT2D eigenvalue weighted by Gasteiger charge is -2.15. The SMILES string of the molecule is COc1cc2c(c(N=N)c1)NCC=C2. The maximum absolute atomic E-state index is 7.06. The Morgan fingerprint density at radius 1 is 1.50 bits per heavy atom. The molecule has 14 heavy (non-hydrogen) atoms. The van der Waals surface area contributed by atoms with Gasteiger partial charge in [-0.25, -0.2) is 5.53 Å². The van der Waals surface area contributed by atoms with E-state index in [0.717, 1.165) is 23.5 Å². The van der Waals surface area contributed by atoms with Crippen molar-refractivity contribution in [2.45, 2.75) is 0 Å². The van der Waals surface area contributed by atoms with Crippen LogP contribution in [0.3, 0.4) is 0 Å². The van der Waals surface area contributed by atoms with Crippen molar-refractivity contribution < 1.29 is 4.74 Å². The van der Waals surface area contributed by atoms with Crippen molar-refractivity contribution in [1.29, 1.82) is 5.53 Å². The highest BCUT2D eigenvalue weighted by atomic mass is 16.5. The van der Waals surface area contributed by atoms with Crippen LogP contribution in [0.15, 0.2) is 23.3 Å². The molecule has 0 atom stereocenters. The number of hydrogen-bond acceptors (Lipinski definition) is 4. The normalized spacial score (nSPS) is 12.9. The number of benzene rings is 1. The molecule has 4 nitrogen and oxygen atoms in total. The first-order valence-electron chi connectivity index (χ1n) is 4.35. The third-order valence-corrected chi connectivity index (χ3v) is 2.17. The molecule has 1 aromatic carbocycles. The third kappa shape index (κ3) is 1.35. The molecule has 2 rings (SSSR count). The van der Waals surface area contributed by atoms with Gasteiger partial charge in [0.1, 0.15) is 11.4 Å². The zero-order valence-electron chi connectivity index (χ0n) is 7.87. The molecule has 1 heterocycles. The molecule has 1 aliphatic heterocycles. The molecule has 0 saturated heterocycles. The predicted molar refractivity (Wildman–Crippen MR) is 55.3 cm³/mol. The fourth-order valence-corrected chi connectivity index (χ4v) is 1.50. The minimum absolute atomic E-state index is 0.615. The van der Waals surface area contributed by atoms with Crippen molar-refractivity contribution in [1.82, 2.24) is 0 Å². The van der Waals surface area contributed by atoms with Crippen molar-refractivity contribution in [2.24, 2.45) is 5.11 Å². The molecule has 0 bridgehead atoms. The van der Waals surface area contributed by atoms with Gasteiger partial charge >= 0.3 is 0 Å². The first-order chi connectivity index (χ1) is 6.85. The Morgan fingerprint density at radius 3 is 3.07 bits per heavy atom.